The molecule has 2 N–H and O–H groups in total. The first-order valence-electron chi connectivity index (χ1n) is 11.2. The van der Waals surface area contributed by atoms with Gasteiger partial charge in [-0.2, -0.15) is 0 Å². The van der Waals surface area contributed by atoms with E-state index in [1.165, 1.54) is 31.2 Å². The number of imide groups is 1. The monoisotopic (exact) mass is 410 g/mol. The van der Waals surface area contributed by atoms with E-state index in [9.17, 15) is 14.4 Å². The highest BCUT2D eigenvalue weighted by Gasteiger charge is 2.40. The summed E-state index contributed by atoms with van der Waals surface area (Å²) in [6, 6.07) is 5.41. The van der Waals surface area contributed by atoms with Crippen molar-refractivity contribution in [2.45, 2.75) is 57.7 Å². The first-order chi connectivity index (χ1) is 14.5. The van der Waals surface area contributed by atoms with Crippen molar-refractivity contribution < 1.29 is 14.4 Å². The summed E-state index contributed by atoms with van der Waals surface area (Å²) in [5, 5.41) is 5.93. The van der Waals surface area contributed by atoms with E-state index in [0.29, 0.717) is 23.9 Å². The molecule has 0 aromatic heterocycles. The first kappa shape index (κ1) is 19.7. The molecule has 7 heteroatoms. The number of fused-ring (bicyclic) bond motifs is 1. The number of likely N-dealkylation sites (tertiary alicyclic amines) is 1. The Labute approximate surface area is 177 Å². The molecule has 3 amide bonds. The van der Waals surface area contributed by atoms with Gasteiger partial charge in [0.2, 0.25) is 11.8 Å². The van der Waals surface area contributed by atoms with Crippen molar-refractivity contribution in [2.75, 3.05) is 26.2 Å². The van der Waals surface area contributed by atoms with E-state index < -0.39 is 6.04 Å². The van der Waals surface area contributed by atoms with Crippen molar-refractivity contribution in [2.24, 2.45) is 5.41 Å². The van der Waals surface area contributed by atoms with Gasteiger partial charge in [-0.25, -0.2) is 0 Å². The minimum absolute atomic E-state index is 0.0892. The number of amides is 3. The first-order valence-corrected chi connectivity index (χ1v) is 11.2. The summed E-state index contributed by atoms with van der Waals surface area (Å²) in [5.74, 6) is -0.691. The Bertz CT molecular complexity index is 877. The Morgan fingerprint density at radius 2 is 2.03 bits per heavy atom. The third-order valence-electron chi connectivity index (χ3n) is 7.40. The number of hydrogen-bond donors (Lipinski definition) is 2. The van der Waals surface area contributed by atoms with E-state index in [0.717, 1.165) is 38.3 Å². The van der Waals surface area contributed by atoms with Crippen LogP contribution in [0.25, 0.3) is 0 Å². The van der Waals surface area contributed by atoms with Crippen LogP contribution >= 0.6 is 0 Å². The number of carbonyl (C=O) groups is 3. The number of rotatable bonds is 3. The summed E-state index contributed by atoms with van der Waals surface area (Å²) in [6.07, 6.45) is 5.74. The molecule has 2 atom stereocenters. The van der Waals surface area contributed by atoms with Crippen LogP contribution in [0.3, 0.4) is 0 Å². The second-order valence-corrected chi connectivity index (χ2v) is 9.44. The maximum Gasteiger partial charge on any atom is 0.255 e. The summed E-state index contributed by atoms with van der Waals surface area (Å²) >= 11 is 0. The Balaban J connectivity index is 1.35. The van der Waals surface area contributed by atoms with Crippen LogP contribution in [0.5, 0.6) is 0 Å². The number of piperidine rings is 1. The van der Waals surface area contributed by atoms with Crippen molar-refractivity contribution in [3.05, 3.63) is 34.9 Å². The molecule has 7 nitrogen and oxygen atoms in total. The van der Waals surface area contributed by atoms with Gasteiger partial charge in [0.25, 0.3) is 5.91 Å². The zero-order valence-electron chi connectivity index (χ0n) is 17.4. The molecule has 3 saturated heterocycles. The maximum absolute atomic E-state index is 13.1. The topological polar surface area (TPSA) is 81.8 Å². The molecule has 0 radical (unpaired) electrons. The normalized spacial score (nSPS) is 29.9. The largest absolute Gasteiger partial charge is 0.322 e. The second-order valence-electron chi connectivity index (χ2n) is 9.44. The van der Waals surface area contributed by atoms with Gasteiger partial charge in [0.05, 0.1) is 0 Å². The fourth-order valence-electron chi connectivity index (χ4n) is 5.79. The number of nitrogens with one attached hydrogen (secondary N) is 2. The Morgan fingerprint density at radius 1 is 1.13 bits per heavy atom. The number of nitrogens with zero attached hydrogens (tertiary/aromatic N) is 2. The molecule has 1 spiro atoms. The summed E-state index contributed by atoms with van der Waals surface area (Å²) in [6.45, 7) is 5.73. The molecule has 3 fully saturated rings. The van der Waals surface area contributed by atoms with Crippen LogP contribution < -0.4 is 10.6 Å². The molecule has 4 aliphatic heterocycles. The Kier molecular flexibility index (Phi) is 5.11. The molecule has 1 aromatic carbocycles. The van der Waals surface area contributed by atoms with Gasteiger partial charge in [-0.1, -0.05) is 18.6 Å². The van der Waals surface area contributed by atoms with E-state index in [1.54, 1.807) is 4.90 Å². The van der Waals surface area contributed by atoms with Gasteiger partial charge in [0, 0.05) is 38.2 Å². The van der Waals surface area contributed by atoms with Crippen molar-refractivity contribution in [1.82, 2.24) is 20.4 Å². The molecule has 30 heavy (non-hydrogen) atoms. The lowest BCUT2D eigenvalue weighted by Gasteiger charge is -2.32. The predicted molar refractivity (Wildman–Crippen MR) is 112 cm³/mol. The molecular formula is C23H30N4O3. The van der Waals surface area contributed by atoms with Gasteiger partial charge in [0.1, 0.15) is 6.04 Å². The third-order valence-corrected chi connectivity index (χ3v) is 7.40. The lowest BCUT2D eigenvalue weighted by atomic mass is 9.82. The van der Waals surface area contributed by atoms with Gasteiger partial charge in [-0.15, -0.1) is 0 Å². The molecule has 0 saturated carbocycles. The van der Waals surface area contributed by atoms with Crippen LogP contribution in [0.2, 0.25) is 0 Å². The Morgan fingerprint density at radius 3 is 2.83 bits per heavy atom. The van der Waals surface area contributed by atoms with Crippen LogP contribution in [-0.4, -0.2) is 59.7 Å². The summed E-state index contributed by atoms with van der Waals surface area (Å²) in [7, 11) is 0. The van der Waals surface area contributed by atoms with Crippen molar-refractivity contribution in [3.63, 3.8) is 0 Å². The van der Waals surface area contributed by atoms with Gasteiger partial charge < -0.3 is 10.2 Å². The fraction of sp³-hybridized carbons (Fsp3) is 0.609. The minimum atomic E-state index is -0.554. The molecule has 1 aromatic rings. The van der Waals surface area contributed by atoms with Crippen LogP contribution in [0.15, 0.2) is 18.2 Å². The summed E-state index contributed by atoms with van der Waals surface area (Å²) < 4.78 is 0. The number of benzene rings is 1. The third kappa shape index (κ3) is 3.54. The van der Waals surface area contributed by atoms with Gasteiger partial charge >= 0.3 is 0 Å². The van der Waals surface area contributed by atoms with E-state index in [4.69, 9.17) is 0 Å². The number of hydrogen-bond acceptors (Lipinski definition) is 5. The molecular weight excluding hydrogens is 380 g/mol. The predicted octanol–water partition coefficient (Wildman–Crippen LogP) is 1.41. The standard InChI is InChI=1S/C23H30N4O3/c28-20-7-6-19(21(29)25-20)27-13-18-16(4-3-5-17(18)22(27)30)12-26-11-2-1-8-23(15-26)9-10-24-14-23/h3-5,19,24H,1-2,6-15H2,(H,25,28,29). The van der Waals surface area contributed by atoms with Gasteiger partial charge in [0.15, 0.2) is 0 Å². The number of carbonyl (C=O) groups excluding carboxylic acids is 3. The molecule has 2 unspecified atom stereocenters. The van der Waals surface area contributed by atoms with Crippen LogP contribution in [0.4, 0.5) is 0 Å². The highest BCUT2D eigenvalue weighted by Crippen LogP contribution is 2.36. The highest BCUT2D eigenvalue weighted by atomic mass is 16.2. The average molecular weight is 411 g/mol. The van der Waals surface area contributed by atoms with E-state index in [2.05, 4.69) is 21.6 Å². The van der Waals surface area contributed by atoms with Crippen LogP contribution in [0.1, 0.15) is 60.0 Å². The average Bonchev–Trinajstić information content (AvgIpc) is 3.24. The maximum atomic E-state index is 13.1. The van der Waals surface area contributed by atoms with Crippen LogP contribution in [-0.2, 0) is 22.7 Å². The van der Waals surface area contributed by atoms with Crippen LogP contribution in [0, 0.1) is 5.41 Å². The van der Waals surface area contributed by atoms with Gasteiger partial charge in [-0.3, -0.25) is 24.6 Å². The van der Waals surface area contributed by atoms with Crippen molar-refractivity contribution in [1.29, 1.82) is 0 Å². The smallest absolute Gasteiger partial charge is 0.255 e. The van der Waals surface area contributed by atoms with E-state index >= 15 is 0 Å². The fourth-order valence-corrected chi connectivity index (χ4v) is 5.79. The lowest BCUT2D eigenvalue weighted by Crippen LogP contribution is -2.52. The van der Waals surface area contributed by atoms with Crippen molar-refractivity contribution >= 4 is 17.7 Å². The van der Waals surface area contributed by atoms with Crippen molar-refractivity contribution in [3.8, 4) is 0 Å². The van der Waals surface area contributed by atoms with Gasteiger partial charge in [-0.05, 0) is 61.4 Å². The Hall–Kier alpha value is -2.25. The lowest BCUT2D eigenvalue weighted by molar-refractivity contribution is -0.136. The molecule has 0 aliphatic carbocycles. The van der Waals surface area contributed by atoms with E-state index in [1.807, 2.05) is 12.1 Å². The molecule has 5 rings (SSSR count). The molecule has 160 valence electrons. The molecule has 0 bridgehead atoms. The second kappa shape index (κ2) is 7.78. The molecule has 4 aliphatic rings. The summed E-state index contributed by atoms with van der Waals surface area (Å²) in [4.78, 5) is 41.1. The molecule has 4 heterocycles. The SMILES string of the molecule is O=C1CCC(N2Cc3c(CN4CCCCC5(CCNC5)C4)cccc3C2=O)C(=O)N1. The summed E-state index contributed by atoms with van der Waals surface area (Å²) in [5.41, 5.74) is 3.35. The zero-order valence-corrected chi connectivity index (χ0v) is 17.4. The highest BCUT2D eigenvalue weighted by molar-refractivity contribution is 6.05. The minimum Gasteiger partial charge on any atom is -0.322 e. The van der Waals surface area contributed by atoms with E-state index in [-0.39, 0.29) is 24.1 Å². The quantitative estimate of drug-likeness (QED) is 0.737. The zero-order chi connectivity index (χ0) is 20.7.